The van der Waals surface area contributed by atoms with Crippen molar-refractivity contribution in [2.45, 2.75) is 44.9 Å². The Balaban J connectivity index is 1.40. The van der Waals surface area contributed by atoms with Crippen LogP contribution in [0.4, 0.5) is 4.39 Å². The molecule has 1 amide bonds. The number of rotatable bonds is 2. The minimum absolute atomic E-state index is 0.0765. The van der Waals surface area contributed by atoms with E-state index in [1.807, 2.05) is 13.1 Å². The minimum atomic E-state index is -0.572. The lowest BCUT2D eigenvalue weighted by atomic mass is 10.1. The smallest absolute Gasteiger partial charge is 0.261 e. The Bertz CT molecular complexity index is 771. The SMILES string of the molecule is Cc1cn2c(n1)CC[C@@H](NC(=O)[C@@H]1Cc3cc(F)ccc3O1)C2. The Labute approximate surface area is 133 Å². The van der Waals surface area contributed by atoms with E-state index in [4.69, 9.17) is 4.74 Å². The van der Waals surface area contributed by atoms with Crippen LogP contribution in [0.25, 0.3) is 0 Å². The largest absolute Gasteiger partial charge is 0.480 e. The molecular formula is C17H18FN3O2. The molecule has 1 aromatic heterocycles. The van der Waals surface area contributed by atoms with E-state index < -0.39 is 6.10 Å². The van der Waals surface area contributed by atoms with Gasteiger partial charge in [-0.1, -0.05) is 0 Å². The van der Waals surface area contributed by atoms with Crippen molar-refractivity contribution in [2.24, 2.45) is 0 Å². The second-order valence-electron chi connectivity index (χ2n) is 6.26. The number of fused-ring (bicyclic) bond motifs is 2. The number of nitrogens with zero attached hydrogens (tertiary/aromatic N) is 2. The van der Waals surface area contributed by atoms with Crippen LogP contribution < -0.4 is 10.1 Å². The molecule has 0 radical (unpaired) electrons. The zero-order chi connectivity index (χ0) is 16.0. The lowest BCUT2D eigenvalue weighted by Crippen LogP contribution is -2.46. The van der Waals surface area contributed by atoms with E-state index in [-0.39, 0.29) is 17.8 Å². The molecule has 4 rings (SSSR count). The number of carbonyl (C=O) groups excluding carboxylic acids is 1. The first-order chi connectivity index (χ1) is 11.1. The van der Waals surface area contributed by atoms with Crippen molar-refractivity contribution in [3.05, 3.63) is 47.3 Å². The number of halogens is 1. The highest BCUT2D eigenvalue weighted by Crippen LogP contribution is 2.29. The second-order valence-corrected chi connectivity index (χ2v) is 6.26. The van der Waals surface area contributed by atoms with Crippen LogP contribution in [0, 0.1) is 12.7 Å². The Morgan fingerprint density at radius 3 is 3.22 bits per heavy atom. The molecule has 2 aliphatic heterocycles. The summed E-state index contributed by atoms with van der Waals surface area (Å²) in [4.78, 5) is 16.9. The average molecular weight is 315 g/mol. The second kappa shape index (κ2) is 5.37. The van der Waals surface area contributed by atoms with Gasteiger partial charge in [-0.15, -0.1) is 0 Å². The molecule has 0 saturated heterocycles. The van der Waals surface area contributed by atoms with Crippen LogP contribution >= 0.6 is 0 Å². The number of nitrogens with one attached hydrogen (secondary N) is 1. The summed E-state index contributed by atoms with van der Waals surface area (Å²) in [5, 5.41) is 3.05. The fraction of sp³-hybridized carbons (Fsp3) is 0.412. The summed E-state index contributed by atoms with van der Waals surface area (Å²) in [7, 11) is 0. The lowest BCUT2D eigenvalue weighted by molar-refractivity contribution is -0.128. The molecular weight excluding hydrogens is 297 g/mol. The highest BCUT2D eigenvalue weighted by molar-refractivity contribution is 5.82. The zero-order valence-corrected chi connectivity index (χ0v) is 12.9. The third kappa shape index (κ3) is 2.69. The molecule has 0 saturated carbocycles. The summed E-state index contributed by atoms with van der Waals surface area (Å²) < 4.78 is 21.0. The first kappa shape index (κ1) is 14.2. The predicted octanol–water partition coefficient (Wildman–Crippen LogP) is 1.77. The van der Waals surface area contributed by atoms with Crippen LogP contribution in [0.2, 0.25) is 0 Å². The molecule has 120 valence electrons. The highest BCUT2D eigenvalue weighted by Gasteiger charge is 2.31. The van der Waals surface area contributed by atoms with Gasteiger partial charge in [0.15, 0.2) is 6.10 Å². The lowest BCUT2D eigenvalue weighted by Gasteiger charge is -2.25. The number of imidazole rings is 1. The van der Waals surface area contributed by atoms with Gasteiger partial charge in [0.05, 0.1) is 5.69 Å². The zero-order valence-electron chi connectivity index (χ0n) is 12.9. The third-order valence-corrected chi connectivity index (χ3v) is 4.45. The van der Waals surface area contributed by atoms with Gasteiger partial charge < -0.3 is 14.6 Å². The van der Waals surface area contributed by atoms with Crippen molar-refractivity contribution in [3.8, 4) is 5.75 Å². The van der Waals surface area contributed by atoms with Crippen LogP contribution in [-0.2, 0) is 24.2 Å². The molecule has 3 heterocycles. The maximum atomic E-state index is 13.2. The number of carbonyl (C=O) groups is 1. The Morgan fingerprint density at radius 2 is 2.35 bits per heavy atom. The van der Waals surface area contributed by atoms with Crippen molar-refractivity contribution in [1.29, 1.82) is 0 Å². The van der Waals surface area contributed by atoms with Gasteiger partial charge in [0, 0.05) is 37.2 Å². The molecule has 6 heteroatoms. The van der Waals surface area contributed by atoms with Crippen molar-refractivity contribution in [2.75, 3.05) is 0 Å². The quantitative estimate of drug-likeness (QED) is 0.919. The molecule has 0 bridgehead atoms. The summed E-state index contributed by atoms with van der Waals surface area (Å²) >= 11 is 0. The number of amides is 1. The summed E-state index contributed by atoms with van der Waals surface area (Å²) in [6.07, 6.45) is 3.59. The van der Waals surface area contributed by atoms with E-state index in [1.165, 1.54) is 12.1 Å². The molecule has 1 aromatic carbocycles. The summed E-state index contributed by atoms with van der Waals surface area (Å²) in [5.74, 6) is 1.24. The van der Waals surface area contributed by atoms with Gasteiger partial charge in [-0.2, -0.15) is 0 Å². The van der Waals surface area contributed by atoms with E-state index >= 15 is 0 Å². The van der Waals surface area contributed by atoms with Crippen molar-refractivity contribution in [1.82, 2.24) is 14.9 Å². The Kier molecular flexibility index (Phi) is 3.32. The first-order valence-corrected chi connectivity index (χ1v) is 7.86. The summed E-state index contributed by atoms with van der Waals surface area (Å²) in [6.45, 7) is 2.71. The van der Waals surface area contributed by atoms with Crippen LogP contribution in [0.1, 0.15) is 23.5 Å². The summed E-state index contributed by atoms with van der Waals surface area (Å²) in [6, 6.07) is 4.44. The van der Waals surface area contributed by atoms with E-state index in [9.17, 15) is 9.18 Å². The molecule has 2 atom stereocenters. The van der Waals surface area contributed by atoms with Crippen LogP contribution in [-0.4, -0.2) is 27.6 Å². The average Bonchev–Trinajstić information content (AvgIpc) is 3.08. The van der Waals surface area contributed by atoms with Crippen LogP contribution in [0.15, 0.2) is 24.4 Å². The molecule has 0 unspecified atom stereocenters. The normalized spacial score (nSPS) is 22.2. The predicted molar refractivity (Wildman–Crippen MR) is 81.7 cm³/mol. The number of aryl methyl sites for hydroxylation is 2. The van der Waals surface area contributed by atoms with Gasteiger partial charge in [-0.05, 0) is 31.5 Å². The first-order valence-electron chi connectivity index (χ1n) is 7.86. The van der Waals surface area contributed by atoms with Gasteiger partial charge in [-0.25, -0.2) is 9.37 Å². The van der Waals surface area contributed by atoms with Gasteiger partial charge >= 0.3 is 0 Å². The molecule has 0 aliphatic carbocycles. The standard InChI is InChI=1S/C17H18FN3O2/c1-10-8-21-9-13(3-5-16(21)19-10)20-17(22)15-7-11-6-12(18)2-4-14(11)23-15/h2,4,6,8,13,15H,3,5,7,9H2,1H3,(H,20,22)/t13-,15+/m1/s1. The third-order valence-electron chi connectivity index (χ3n) is 4.45. The van der Waals surface area contributed by atoms with Crippen LogP contribution in [0.3, 0.4) is 0 Å². The topological polar surface area (TPSA) is 56.2 Å². The summed E-state index contributed by atoms with van der Waals surface area (Å²) in [5.41, 5.74) is 1.75. The highest BCUT2D eigenvalue weighted by atomic mass is 19.1. The fourth-order valence-corrected chi connectivity index (χ4v) is 3.36. The van der Waals surface area contributed by atoms with Gasteiger partial charge in [0.1, 0.15) is 17.4 Å². The van der Waals surface area contributed by atoms with Crippen molar-refractivity contribution >= 4 is 5.91 Å². The molecule has 0 spiro atoms. The van der Waals surface area contributed by atoms with E-state index in [0.717, 1.165) is 36.5 Å². The maximum Gasteiger partial charge on any atom is 0.261 e. The van der Waals surface area contributed by atoms with Crippen molar-refractivity contribution in [3.63, 3.8) is 0 Å². The number of hydrogen-bond donors (Lipinski definition) is 1. The molecule has 1 N–H and O–H groups in total. The monoisotopic (exact) mass is 315 g/mol. The van der Waals surface area contributed by atoms with Gasteiger partial charge in [0.25, 0.3) is 5.91 Å². The molecule has 2 aliphatic rings. The van der Waals surface area contributed by atoms with E-state index in [0.29, 0.717) is 12.2 Å². The Hall–Kier alpha value is -2.37. The number of aromatic nitrogens is 2. The molecule has 23 heavy (non-hydrogen) atoms. The van der Waals surface area contributed by atoms with E-state index in [2.05, 4.69) is 14.9 Å². The minimum Gasteiger partial charge on any atom is -0.480 e. The fourth-order valence-electron chi connectivity index (χ4n) is 3.36. The van der Waals surface area contributed by atoms with Crippen LogP contribution in [0.5, 0.6) is 5.75 Å². The number of ether oxygens (including phenoxy) is 1. The van der Waals surface area contributed by atoms with Gasteiger partial charge in [0.2, 0.25) is 0 Å². The van der Waals surface area contributed by atoms with Crippen molar-refractivity contribution < 1.29 is 13.9 Å². The van der Waals surface area contributed by atoms with E-state index in [1.54, 1.807) is 6.07 Å². The number of benzene rings is 1. The maximum absolute atomic E-state index is 13.2. The molecule has 2 aromatic rings. The molecule has 5 nitrogen and oxygen atoms in total. The van der Waals surface area contributed by atoms with Gasteiger partial charge in [-0.3, -0.25) is 4.79 Å². The number of hydrogen-bond acceptors (Lipinski definition) is 3. The molecule has 0 fully saturated rings. The Morgan fingerprint density at radius 1 is 1.48 bits per heavy atom.